The molecule has 0 spiro atoms. The van der Waals surface area contributed by atoms with Crippen molar-refractivity contribution in [3.05, 3.63) is 216 Å². The SMILES string of the molecule is Cc1nc2c3[c-]c(Oc4[c-]c5c(cc4)C(c4ccccc4)(c4ccccc4)c4cccc6c7cccnc7n-5c46)ccc3c3ccccc3n2c1-c1ccccc1.[Pt+2]. The number of benzene rings is 7. The summed E-state index contributed by atoms with van der Waals surface area (Å²) in [4.78, 5) is 10.1. The van der Waals surface area contributed by atoms with Crippen LogP contribution in [0.2, 0.25) is 0 Å². The molecule has 11 aromatic rings. The zero-order valence-electron chi connectivity index (χ0n) is 31.3. The monoisotopic (exact) mass is 923 g/mol. The van der Waals surface area contributed by atoms with E-state index in [1.54, 1.807) is 0 Å². The van der Waals surface area contributed by atoms with Crippen LogP contribution < -0.4 is 4.74 Å². The van der Waals surface area contributed by atoms with Crippen LogP contribution in [-0.2, 0) is 26.5 Å². The Balaban J connectivity index is 0.00000385. The van der Waals surface area contributed by atoms with Crippen molar-refractivity contribution in [1.82, 2.24) is 18.9 Å². The molecule has 4 aromatic heterocycles. The molecule has 1 aliphatic rings. The quantitative estimate of drug-likeness (QED) is 0.128. The van der Waals surface area contributed by atoms with Gasteiger partial charge in [0.25, 0.3) is 0 Å². The average molecular weight is 924 g/mol. The van der Waals surface area contributed by atoms with E-state index in [9.17, 15) is 0 Å². The molecular weight excluding hydrogens is 892 g/mol. The fraction of sp³-hybridized carbons (Fsp3) is 0.0385. The van der Waals surface area contributed by atoms with Crippen molar-refractivity contribution >= 4 is 49.3 Å². The smallest absolute Gasteiger partial charge is 0.503 e. The van der Waals surface area contributed by atoms with Crippen molar-refractivity contribution in [3.63, 3.8) is 0 Å². The Hall–Kier alpha value is -6.81. The zero-order valence-corrected chi connectivity index (χ0v) is 33.5. The number of para-hydroxylation sites is 2. The van der Waals surface area contributed by atoms with Crippen molar-refractivity contribution in [2.24, 2.45) is 0 Å². The predicted octanol–water partition coefficient (Wildman–Crippen LogP) is 12.2. The molecule has 0 fully saturated rings. The minimum Gasteiger partial charge on any atom is -0.503 e. The van der Waals surface area contributed by atoms with Crippen molar-refractivity contribution < 1.29 is 25.8 Å². The van der Waals surface area contributed by atoms with E-state index in [-0.39, 0.29) is 21.1 Å². The molecule has 0 bridgehead atoms. The zero-order chi connectivity index (χ0) is 37.7. The Morgan fingerprint density at radius 1 is 0.552 bits per heavy atom. The number of hydrogen-bond donors (Lipinski definition) is 0. The van der Waals surface area contributed by atoms with Gasteiger partial charge in [0.05, 0.1) is 22.6 Å². The molecule has 0 radical (unpaired) electrons. The van der Waals surface area contributed by atoms with E-state index >= 15 is 0 Å². The molecule has 5 heterocycles. The molecule has 0 saturated heterocycles. The van der Waals surface area contributed by atoms with Gasteiger partial charge in [-0.3, -0.25) is 4.98 Å². The molecule has 12 rings (SSSR count). The molecule has 1 aliphatic heterocycles. The van der Waals surface area contributed by atoms with Gasteiger partial charge in [-0.25, -0.2) is 4.98 Å². The number of fused-ring (bicyclic) bond motifs is 11. The Morgan fingerprint density at radius 2 is 1.21 bits per heavy atom. The fourth-order valence-corrected chi connectivity index (χ4v) is 9.54. The van der Waals surface area contributed by atoms with Gasteiger partial charge in [0.1, 0.15) is 5.65 Å². The Kier molecular flexibility index (Phi) is 7.79. The molecule has 6 heteroatoms. The maximum atomic E-state index is 6.81. The number of hydrogen-bond acceptors (Lipinski definition) is 3. The Morgan fingerprint density at radius 3 is 1.98 bits per heavy atom. The van der Waals surface area contributed by atoms with Gasteiger partial charge >= 0.3 is 21.1 Å². The van der Waals surface area contributed by atoms with E-state index < -0.39 is 5.41 Å². The third-order valence-electron chi connectivity index (χ3n) is 11.8. The summed E-state index contributed by atoms with van der Waals surface area (Å²) in [7, 11) is 0. The minimum absolute atomic E-state index is 0. The van der Waals surface area contributed by atoms with Gasteiger partial charge in [0.15, 0.2) is 0 Å². The van der Waals surface area contributed by atoms with E-state index in [0.717, 1.165) is 77.5 Å². The summed E-state index contributed by atoms with van der Waals surface area (Å²) < 4.78 is 11.4. The first-order valence-corrected chi connectivity index (χ1v) is 19.3. The van der Waals surface area contributed by atoms with Gasteiger partial charge in [0, 0.05) is 39.4 Å². The maximum absolute atomic E-state index is 6.81. The topological polar surface area (TPSA) is 44.4 Å². The summed E-state index contributed by atoms with van der Waals surface area (Å²) >= 11 is 0. The Labute approximate surface area is 349 Å². The molecule has 276 valence electrons. The number of nitrogens with zero attached hydrogens (tertiary/aromatic N) is 4. The van der Waals surface area contributed by atoms with E-state index in [1.165, 1.54) is 16.7 Å². The molecule has 0 saturated carbocycles. The molecule has 5 nitrogen and oxygen atoms in total. The summed E-state index contributed by atoms with van der Waals surface area (Å²) in [5, 5.41) is 5.36. The Bertz CT molecular complexity index is 3350. The summed E-state index contributed by atoms with van der Waals surface area (Å²) in [5.41, 5.74) is 12.1. The molecule has 58 heavy (non-hydrogen) atoms. The van der Waals surface area contributed by atoms with Crippen LogP contribution in [0.3, 0.4) is 0 Å². The summed E-state index contributed by atoms with van der Waals surface area (Å²) in [6.07, 6.45) is 1.87. The van der Waals surface area contributed by atoms with Crippen LogP contribution in [-0.4, -0.2) is 18.9 Å². The van der Waals surface area contributed by atoms with E-state index in [0.29, 0.717) is 11.5 Å². The van der Waals surface area contributed by atoms with Gasteiger partial charge in [-0.05, 0) is 52.8 Å². The number of ether oxygens (including phenoxy) is 1. The molecule has 0 N–H and O–H groups in total. The standard InChI is InChI=1S/C52H32N4O.Pt/c1-33-48(34-15-5-2-6-16-34)55-46-25-12-11-21-40(46)39-28-26-37(31-43(39)51(55)54-33)57-38-27-29-44-47(32-38)56-49-41(42-23-14-30-53-50(42)56)22-13-24-45(49)52(44,35-17-7-3-8-18-35)36-19-9-4-10-20-36;/h2-30H,1H3;/q-2;+2. The first-order valence-electron chi connectivity index (χ1n) is 19.3. The van der Waals surface area contributed by atoms with Gasteiger partial charge in [-0.1, -0.05) is 150 Å². The number of pyridine rings is 2. The summed E-state index contributed by atoms with van der Waals surface area (Å²) in [6.45, 7) is 2.08. The third-order valence-corrected chi connectivity index (χ3v) is 11.8. The van der Waals surface area contributed by atoms with E-state index in [2.05, 4.69) is 174 Å². The summed E-state index contributed by atoms with van der Waals surface area (Å²) in [5.74, 6) is 1.18. The maximum Gasteiger partial charge on any atom is 2.00 e. The van der Waals surface area contributed by atoms with Crippen molar-refractivity contribution in [2.75, 3.05) is 0 Å². The minimum atomic E-state index is -0.631. The fourth-order valence-electron chi connectivity index (χ4n) is 9.54. The third kappa shape index (κ3) is 4.74. The van der Waals surface area contributed by atoms with Crippen LogP contribution in [0.4, 0.5) is 0 Å². The molecule has 0 amide bonds. The first kappa shape index (κ1) is 34.4. The molecule has 0 aliphatic carbocycles. The molecular formula is C52H32N4OPt. The number of aryl methyl sites for hydroxylation is 1. The van der Waals surface area contributed by atoms with Crippen LogP contribution >= 0.6 is 0 Å². The van der Waals surface area contributed by atoms with Crippen LogP contribution in [0, 0.1) is 19.1 Å². The van der Waals surface area contributed by atoms with Crippen molar-refractivity contribution in [3.8, 4) is 28.4 Å². The van der Waals surface area contributed by atoms with Crippen LogP contribution in [0.1, 0.15) is 27.9 Å². The van der Waals surface area contributed by atoms with Crippen molar-refractivity contribution in [1.29, 1.82) is 0 Å². The second-order valence-electron chi connectivity index (χ2n) is 14.8. The number of imidazole rings is 1. The van der Waals surface area contributed by atoms with Crippen LogP contribution in [0.15, 0.2) is 176 Å². The van der Waals surface area contributed by atoms with Gasteiger partial charge in [-0.15, -0.1) is 29.8 Å². The summed E-state index contributed by atoms with van der Waals surface area (Å²) in [6, 6.07) is 67.4. The average Bonchev–Trinajstić information content (AvgIpc) is 3.81. The largest absolute Gasteiger partial charge is 2.00 e. The first-order chi connectivity index (χ1) is 28.2. The molecule has 0 atom stereocenters. The molecule has 7 aromatic carbocycles. The van der Waals surface area contributed by atoms with E-state index in [1.807, 2.05) is 30.5 Å². The predicted molar refractivity (Wildman–Crippen MR) is 229 cm³/mol. The van der Waals surface area contributed by atoms with Crippen LogP contribution in [0.5, 0.6) is 11.5 Å². The number of rotatable bonds is 5. The second-order valence-corrected chi connectivity index (χ2v) is 14.8. The normalized spacial score (nSPS) is 12.9. The number of aromatic nitrogens is 4. The van der Waals surface area contributed by atoms with Gasteiger partial charge in [0.2, 0.25) is 0 Å². The van der Waals surface area contributed by atoms with Crippen LogP contribution in [0.25, 0.3) is 66.2 Å². The van der Waals surface area contributed by atoms with E-state index in [4.69, 9.17) is 14.7 Å². The van der Waals surface area contributed by atoms with Gasteiger partial charge in [-0.2, -0.15) is 6.07 Å². The molecule has 0 unspecified atom stereocenters. The van der Waals surface area contributed by atoms with Gasteiger partial charge < -0.3 is 13.7 Å². The van der Waals surface area contributed by atoms with Crippen molar-refractivity contribution in [2.45, 2.75) is 12.3 Å². The second kappa shape index (κ2) is 13.1.